The molecule has 12 rings (SSSR count). The number of methoxy groups -OCH3 is 3. The summed E-state index contributed by atoms with van der Waals surface area (Å²) in [6.07, 6.45) is 3.72. The molecule has 13 heteroatoms. The van der Waals surface area contributed by atoms with Crippen LogP contribution in [0.1, 0.15) is 100 Å². The molecule has 1 saturated carbocycles. The molecule has 8 aromatic carbocycles. The second-order valence-electron chi connectivity index (χ2n) is 22.6. The van der Waals surface area contributed by atoms with E-state index in [1.54, 1.807) is 21.3 Å². The van der Waals surface area contributed by atoms with Crippen molar-refractivity contribution in [3.63, 3.8) is 0 Å². The third-order valence-electron chi connectivity index (χ3n) is 16.9. The highest BCUT2D eigenvalue weighted by molar-refractivity contribution is 6.01. The van der Waals surface area contributed by atoms with Crippen molar-refractivity contribution in [3.05, 3.63) is 192 Å². The van der Waals surface area contributed by atoms with Crippen molar-refractivity contribution in [2.24, 2.45) is 17.8 Å². The van der Waals surface area contributed by atoms with Crippen molar-refractivity contribution < 1.29 is 14.2 Å². The van der Waals surface area contributed by atoms with Gasteiger partial charge < -0.3 is 19.1 Å². The Balaban J connectivity index is 0.000000139. The predicted molar refractivity (Wildman–Crippen MR) is 337 cm³/mol. The molecular formula is C70H78N10O3. The maximum Gasteiger partial charge on any atom is 0.128 e. The molecule has 0 aliphatic heterocycles. The van der Waals surface area contributed by atoms with E-state index in [1.807, 2.05) is 65.7 Å². The number of para-hydroxylation sites is 1. The van der Waals surface area contributed by atoms with Gasteiger partial charge in [0.25, 0.3) is 0 Å². The van der Waals surface area contributed by atoms with Crippen LogP contribution in [0, 0.1) is 38.5 Å². The van der Waals surface area contributed by atoms with Crippen LogP contribution in [0.2, 0.25) is 0 Å². The van der Waals surface area contributed by atoms with Crippen LogP contribution >= 0.6 is 0 Å². The molecule has 83 heavy (non-hydrogen) atoms. The molecule has 0 bridgehead atoms. The molecule has 1 aliphatic rings. The summed E-state index contributed by atoms with van der Waals surface area (Å²) >= 11 is 0. The fraction of sp³-hybridized carbons (Fsp3) is 0.314. The van der Waals surface area contributed by atoms with Gasteiger partial charge in [0.1, 0.15) is 22.9 Å². The van der Waals surface area contributed by atoms with Crippen molar-refractivity contribution in [1.82, 2.24) is 49.9 Å². The van der Waals surface area contributed by atoms with Gasteiger partial charge in [0, 0.05) is 6.04 Å². The average molecular weight is 1110 g/mol. The van der Waals surface area contributed by atoms with Crippen LogP contribution in [0.4, 0.5) is 0 Å². The first-order chi connectivity index (χ1) is 40.2. The highest BCUT2D eigenvalue weighted by Crippen LogP contribution is 2.46. The van der Waals surface area contributed by atoms with Crippen molar-refractivity contribution >= 4 is 32.3 Å². The minimum absolute atomic E-state index is 0.0658. The lowest BCUT2D eigenvalue weighted by Crippen LogP contribution is -2.31. The van der Waals surface area contributed by atoms with Crippen molar-refractivity contribution in [1.29, 1.82) is 0 Å². The smallest absolute Gasteiger partial charge is 0.128 e. The Morgan fingerprint density at radius 2 is 0.952 bits per heavy atom. The Labute approximate surface area is 488 Å². The highest BCUT2D eigenvalue weighted by Gasteiger charge is 2.35. The Morgan fingerprint density at radius 3 is 1.49 bits per heavy atom. The minimum Gasteiger partial charge on any atom is -0.496 e. The number of hydrogen-bond acceptors (Lipinski definition) is 10. The molecule has 0 N–H and O–H groups in total. The summed E-state index contributed by atoms with van der Waals surface area (Å²) in [7, 11) is 9.33. The fourth-order valence-corrected chi connectivity index (χ4v) is 12.3. The number of rotatable bonds is 13. The number of nitrogens with zero attached hydrogens (tertiary/aromatic N) is 10. The lowest BCUT2D eigenvalue weighted by atomic mass is 9.74. The Kier molecular flexibility index (Phi) is 17.5. The average Bonchev–Trinajstić information content (AvgIpc) is 4.37. The fourth-order valence-electron chi connectivity index (χ4n) is 12.3. The Hall–Kier alpha value is -8.68. The minimum atomic E-state index is 0.0658. The van der Waals surface area contributed by atoms with Crippen LogP contribution < -0.4 is 14.2 Å². The van der Waals surface area contributed by atoms with E-state index in [2.05, 4.69) is 217 Å². The number of hydrogen-bond donors (Lipinski definition) is 0. The van der Waals surface area contributed by atoms with Gasteiger partial charge in [-0.25, -0.2) is 14.0 Å². The van der Waals surface area contributed by atoms with Gasteiger partial charge in [-0.3, -0.25) is 0 Å². The van der Waals surface area contributed by atoms with E-state index in [0.29, 0.717) is 23.8 Å². The van der Waals surface area contributed by atoms with Gasteiger partial charge in [-0.1, -0.05) is 182 Å². The molecule has 2 unspecified atom stereocenters. The molecule has 3 heterocycles. The summed E-state index contributed by atoms with van der Waals surface area (Å²) < 4.78 is 23.4. The predicted octanol–water partition coefficient (Wildman–Crippen LogP) is 16.1. The lowest BCUT2D eigenvalue weighted by molar-refractivity contribution is 0.139. The van der Waals surface area contributed by atoms with Crippen molar-refractivity contribution in [2.45, 2.75) is 92.8 Å². The third kappa shape index (κ3) is 11.5. The zero-order valence-corrected chi connectivity index (χ0v) is 50.4. The second-order valence-corrected chi connectivity index (χ2v) is 22.6. The number of aromatic nitrogens is 9. The molecule has 0 amide bonds. The Morgan fingerprint density at radius 1 is 0.494 bits per heavy atom. The first-order valence-corrected chi connectivity index (χ1v) is 29.0. The Bertz CT molecular complexity index is 4010. The summed E-state index contributed by atoms with van der Waals surface area (Å²) in [5.74, 6) is 4.49. The number of ether oxygens (including phenoxy) is 3. The summed E-state index contributed by atoms with van der Waals surface area (Å²) in [4.78, 5) is 2.20. The van der Waals surface area contributed by atoms with Crippen LogP contribution in [0.5, 0.6) is 17.2 Å². The van der Waals surface area contributed by atoms with E-state index < -0.39 is 0 Å². The lowest BCUT2D eigenvalue weighted by Gasteiger charge is -2.38. The first kappa shape index (κ1) is 57.6. The molecular weight excluding hydrogens is 1030 g/mol. The molecule has 0 saturated heterocycles. The van der Waals surface area contributed by atoms with E-state index in [9.17, 15) is 0 Å². The van der Waals surface area contributed by atoms with Crippen LogP contribution in [0.3, 0.4) is 0 Å². The number of aryl methyl sites for hydroxylation is 3. The SMILES string of the molecule is COc1ccc2ccccc2c1-c1c(C)nnn1-c1ccccc1C(C)N(C)C.COc1ccc2ccccc2c1-c1c(C)nnn1C(C)c1ccccc1.COc1ccc2ccccc2c1-c1c(C)nnn1[C@@H]1C[C@@H](C)CC[C@@H]1C(C)C. The van der Waals surface area contributed by atoms with Gasteiger partial charge in [0.15, 0.2) is 0 Å². The highest BCUT2D eigenvalue weighted by atomic mass is 16.5. The quantitative estimate of drug-likeness (QED) is 0.110. The molecule has 0 radical (unpaired) electrons. The maximum absolute atomic E-state index is 5.80. The molecule has 1 aliphatic carbocycles. The molecule has 5 atom stereocenters. The largest absolute Gasteiger partial charge is 0.496 e. The number of benzene rings is 8. The molecule has 11 aromatic rings. The maximum atomic E-state index is 5.80. The molecule has 3 aromatic heterocycles. The number of fused-ring (bicyclic) bond motifs is 3. The van der Waals surface area contributed by atoms with E-state index in [0.717, 1.165) is 96.4 Å². The van der Waals surface area contributed by atoms with Crippen LogP contribution in [0.25, 0.3) is 71.8 Å². The van der Waals surface area contributed by atoms with E-state index >= 15 is 0 Å². The zero-order valence-electron chi connectivity index (χ0n) is 50.4. The van der Waals surface area contributed by atoms with Crippen LogP contribution in [0.15, 0.2) is 164 Å². The topological polar surface area (TPSA) is 123 Å². The molecule has 1 fully saturated rings. The van der Waals surface area contributed by atoms with Gasteiger partial charge in [0.05, 0.1) is 84.3 Å². The monoisotopic (exact) mass is 1110 g/mol. The summed E-state index contributed by atoms with van der Waals surface area (Å²) in [5, 5.41) is 34.0. The van der Waals surface area contributed by atoms with Crippen LogP contribution in [-0.2, 0) is 0 Å². The second kappa shape index (κ2) is 25.2. The molecule has 0 spiro atoms. The zero-order chi connectivity index (χ0) is 58.5. The van der Waals surface area contributed by atoms with Crippen molar-refractivity contribution in [2.75, 3.05) is 35.4 Å². The van der Waals surface area contributed by atoms with Gasteiger partial charge in [-0.05, 0) is 147 Å². The first-order valence-electron chi connectivity index (χ1n) is 29.0. The summed E-state index contributed by atoms with van der Waals surface area (Å²) in [6.45, 7) is 17.5. The van der Waals surface area contributed by atoms with Gasteiger partial charge >= 0.3 is 0 Å². The summed E-state index contributed by atoms with van der Waals surface area (Å²) in [6, 6.07) is 57.0. The summed E-state index contributed by atoms with van der Waals surface area (Å²) in [5.41, 5.74) is 12.4. The van der Waals surface area contributed by atoms with E-state index in [1.165, 1.54) is 40.1 Å². The third-order valence-corrected chi connectivity index (χ3v) is 16.9. The van der Waals surface area contributed by atoms with E-state index in [4.69, 9.17) is 14.2 Å². The van der Waals surface area contributed by atoms with Gasteiger partial charge in [0.2, 0.25) is 0 Å². The van der Waals surface area contributed by atoms with E-state index in [-0.39, 0.29) is 12.1 Å². The van der Waals surface area contributed by atoms with Gasteiger partial charge in [-0.2, -0.15) is 0 Å². The normalized spacial score (nSPS) is 15.9. The molecule has 13 nitrogen and oxygen atoms in total. The standard InChI is InChI=1S/C24H26N4O.C24H31N3O.C22H21N3O/c1-16-24(23-20-12-7-6-10-18(20)14-15-22(23)29-5)28(26-25-16)21-13-9-8-11-19(21)17(2)27(3)4;1-15(2)19-12-10-16(3)14-21(19)27-24(17(4)25-26-27)23-20-9-7-6-8-18(20)11-13-22(23)28-5;1-15-22(25(24-23-15)16(2)17-9-5-4-6-10-17)21-19-12-8-7-11-18(19)13-14-20(21)26-3/h6-15,17H,1-5H3;6-9,11,13,15-16,19,21H,10,12,14H2,1-5H3;4-14,16H,1-3H3/t;16-,19+,21+;/m.0./s1. The molecule has 426 valence electrons. The van der Waals surface area contributed by atoms with Gasteiger partial charge in [-0.15, -0.1) is 15.3 Å². The van der Waals surface area contributed by atoms with Crippen LogP contribution in [-0.4, -0.2) is 85.3 Å². The van der Waals surface area contributed by atoms with Crippen molar-refractivity contribution in [3.8, 4) is 56.7 Å².